The van der Waals surface area contributed by atoms with Gasteiger partial charge in [-0.3, -0.25) is 4.90 Å². The van der Waals surface area contributed by atoms with Crippen LogP contribution >= 0.6 is 0 Å². The van der Waals surface area contributed by atoms with Gasteiger partial charge in [0.2, 0.25) is 0 Å². The van der Waals surface area contributed by atoms with Gasteiger partial charge in [0.25, 0.3) is 0 Å². The van der Waals surface area contributed by atoms with Crippen molar-refractivity contribution in [3.63, 3.8) is 0 Å². The smallest absolute Gasteiger partial charge is 0.106 e. The van der Waals surface area contributed by atoms with Gasteiger partial charge in [-0.2, -0.15) is 0 Å². The second kappa shape index (κ2) is 6.92. The summed E-state index contributed by atoms with van der Waals surface area (Å²) in [5, 5.41) is 0. The lowest BCUT2D eigenvalue weighted by atomic mass is 10.2. The fraction of sp³-hybridized carbons (Fsp3) is 0.800. The first-order valence-corrected chi connectivity index (χ1v) is 4.58. The Labute approximate surface area is 82.0 Å². The molecule has 0 bridgehead atoms. The third kappa shape index (κ3) is 7.81. The van der Waals surface area contributed by atoms with Crippen LogP contribution in [0.15, 0.2) is 11.8 Å². The number of methoxy groups -OCH3 is 1. The minimum atomic E-state index is 0.969. The lowest BCUT2D eigenvalue weighted by Gasteiger charge is -2.21. The van der Waals surface area contributed by atoms with Gasteiger partial charge in [-0.25, -0.2) is 0 Å². The van der Waals surface area contributed by atoms with Gasteiger partial charge < -0.3 is 9.64 Å². The van der Waals surface area contributed by atoms with E-state index in [0.717, 1.165) is 25.3 Å². The van der Waals surface area contributed by atoms with Gasteiger partial charge in [-0.05, 0) is 40.7 Å². The van der Waals surface area contributed by atoms with E-state index in [9.17, 15) is 0 Å². The van der Waals surface area contributed by atoms with Crippen molar-refractivity contribution in [1.29, 1.82) is 0 Å². The van der Waals surface area contributed by atoms with Crippen molar-refractivity contribution in [3.8, 4) is 0 Å². The number of rotatable bonds is 1. The highest BCUT2D eigenvalue weighted by Gasteiger charge is 2.06. The van der Waals surface area contributed by atoms with Crippen LogP contribution in [-0.4, -0.2) is 58.2 Å². The first kappa shape index (κ1) is 12.5. The SMILES string of the molecule is CN(C)C.COC1=CCCN(C)C1. The maximum atomic E-state index is 5.08. The highest BCUT2D eigenvalue weighted by molar-refractivity contribution is 4.99. The van der Waals surface area contributed by atoms with Gasteiger partial charge in [0, 0.05) is 6.54 Å². The summed E-state index contributed by atoms with van der Waals surface area (Å²) >= 11 is 0. The predicted molar refractivity (Wildman–Crippen MR) is 56.8 cm³/mol. The van der Waals surface area contributed by atoms with Crippen LogP contribution in [0.2, 0.25) is 0 Å². The van der Waals surface area contributed by atoms with E-state index in [1.807, 2.05) is 26.0 Å². The summed E-state index contributed by atoms with van der Waals surface area (Å²) in [6.07, 6.45) is 3.28. The summed E-state index contributed by atoms with van der Waals surface area (Å²) in [7, 11) is 9.83. The molecule has 0 aromatic rings. The Morgan fingerprint density at radius 3 is 2.23 bits per heavy atom. The molecule has 3 heteroatoms. The van der Waals surface area contributed by atoms with Crippen molar-refractivity contribution in [3.05, 3.63) is 11.8 Å². The zero-order valence-corrected chi connectivity index (χ0v) is 9.50. The molecule has 1 aliphatic heterocycles. The van der Waals surface area contributed by atoms with E-state index in [2.05, 4.69) is 18.0 Å². The lowest BCUT2D eigenvalue weighted by Crippen LogP contribution is -2.25. The number of nitrogens with zero attached hydrogens (tertiary/aromatic N) is 2. The molecule has 0 N–H and O–H groups in total. The van der Waals surface area contributed by atoms with Crippen LogP contribution in [0.5, 0.6) is 0 Å². The summed E-state index contributed by atoms with van der Waals surface area (Å²) < 4.78 is 5.08. The van der Waals surface area contributed by atoms with Crippen LogP contribution in [0.4, 0.5) is 0 Å². The summed E-state index contributed by atoms with van der Waals surface area (Å²) in [6, 6.07) is 0. The Morgan fingerprint density at radius 1 is 1.38 bits per heavy atom. The molecule has 0 radical (unpaired) electrons. The second-order valence-electron chi connectivity index (χ2n) is 3.74. The minimum absolute atomic E-state index is 0.969. The summed E-state index contributed by atoms with van der Waals surface area (Å²) in [5.74, 6) is 1.10. The second-order valence-corrected chi connectivity index (χ2v) is 3.74. The number of hydrogen-bond donors (Lipinski definition) is 0. The Balaban J connectivity index is 0.000000310. The lowest BCUT2D eigenvalue weighted by molar-refractivity contribution is 0.220. The van der Waals surface area contributed by atoms with E-state index in [-0.39, 0.29) is 0 Å². The molecule has 0 aromatic heterocycles. The molecule has 3 nitrogen and oxygen atoms in total. The normalized spacial score (nSPS) is 17.5. The van der Waals surface area contributed by atoms with E-state index in [0.29, 0.717) is 0 Å². The van der Waals surface area contributed by atoms with E-state index in [1.165, 1.54) is 0 Å². The number of ether oxygens (including phenoxy) is 1. The molecule has 0 fully saturated rings. The van der Waals surface area contributed by atoms with Crippen molar-refractivity contribution >= 4 is 0 Å². The molecule has 13 heavy (non-hydrogen) atoms. The Morgan fingerprint density at radius 2 is 1.92 bits per heavy atom. The van der Waals surface area contributed by atoms with Crippen LogP contribution in [0.3, 0.4) is 0 Å². The van der Waals surface area contributed by atoms with E-state index in [4.69, 9.17) is 4.74 Å². The molecule has 1 aliphatic rings. The highest BCUT2D eigenvalue weighted by atomic mass is 16.5. The largest absolute Gasteiger partial charge is 0.500 e. The molecule has 0 amide bonds. The van der Waals surface area contributed by atoms with Gasteiger partial charge in [0.05, 0.1) is 13.7 Å². The third-order valence-corrected chi connectivity index (χ3v) is 1.57. The topological polar surface area (TPSA) is 15.7 Å². The van der Waals surface area contributed by atoms with Gasteiger partial charge >= 0.3 is 0 Å². The average molecular weight is 186 g/mol. The number of likely N-dealkylation sites (N-methyl/N-ethyl adjacent to an activating group) is 1. The quantitative estimate of drug-likeness (QED) is 0.608. The van der Waals surface area contributed by atoms with Gasteiger partial charge in [-0.1, -0.05) is 0 Å². The van der Waals surface area contributed by atoms with E-state index in [1.54, 1.807) is 7.11 Å². The van der Waals surface area contributed by atoms with Crippen molar-refractivity contribution in [1.82, 2.24) is 9.80 Å². The van der Waals surface area contributed by atoms with Crippen molar-refractivity contribution < 1.29 is 4.74 Å². The maximum absolute atomic E-state index is 5.08. The van der Waals surface area contributed by atoms with Crippen LogP contribution < -0.4 is 0 Å². The molecule has 78 valence electrons. The van der Waals surface area contributed by atoms with Gasteiger partial charge in [0.15, 0.2) is 0 Å². The first-order chi connectivity index (χ1) is 6.06. The van der Waals surface area contributed by atoms with Crippen LogP contribution in [0.25, 0.3) is 0 Å². The zero-order valence-electron chi connectivity index (χ0n) is 9.50. The Hall–Kier alpha value is -0.540. The predicted octanol–water partition coefficient (Wildman–Crippen LogP) is 1.03. The molecule has 0 saturated carbocycles. The molecule has 0 aliphatic carbocycles. The average Bonchev–Trinajstić information content (AvgIpc) is 2.03. The third-order valence-electron chi connectivity index (χ3n) is 1.57. The minimum Gasteiger partial charge on any atom is -0.500 e. The first-order valence-electron chi connectivity index (χ1n) is 4.58. The zero-order chi connectivity index (χ0) is 10.3. The van der Waals surface area contributed by atoms with Crippen molar-refractivity contribution in [2.45, 2.75) is 6.42 Å². The molecule has 1 heterocycles. The number of hydrogen-bond acceptors (Lipinski definition) is 3. The van der Waals surface area contributed by atoms with Crippen molar-refractivity contribution in [2.75, 3.05) is 48.4 Å². The van der Waals surface area contributed by atoms with Crippen molar-refractivity contribution in [2.24, 2.45) is 0 Å². The molecular formula is C10H22N2O. The van der Waals surface area contributed by atoms with Gasteiger partial charge in [0.1, 0.15) is 5.76 Å². The molecule has 0 unspecified atom stereocenters. The molecular weight excluding hydrogens is 164 g/mol. The van der Waals surface area contributed by atoms with Crippen LogP contribution in [-0.2, 0) is 4.74 Å². The Kier molecular flexibility index (Phi) is 6.63. The van der Waals surface area contributed by atoms with Gasteiger partial charge in [-0.15, -0.1) is 0 Å². The Bertz CT molecular complexity index is 152. The summed E-state index contributed by atoms with van der Waals surface area (Å²) in [4.78, 5) is 4.25. The van der Waals surface area contributed by atoms with Crippen LogP contribution in [0.1, 0.15) is 6.42 Å². The monoisotopic (exact) mass is 186 g/mol. The molecule has 0 aromatic carbocycles. The molecule has 0 spiro atoms. The standard InChI is InChI=1S/C7H13NO.C3H9N/c1-8-5-3-4-7(6-8)9-2;1-4(2)3/h4H,3,5-6H2,1-2H3;1-3H3. The highest BCUT2D eigenvalue weighted by Crippen LogP contribution is 2.06. The fourth-order valence-corrected chi connectivity index (χ4v) is 1.00. The van der Waals surface area contributed by atoms with Crippen LogP contribution in [0, 0.1) is 0 Å². The fourth-order valence-electron chi connectivity index (χ4n) is 1.00. The summed E-state index contributed by atoms with van der Waals surface area (Å²) in [5.41, 5.74) is 0. The molecule has 0 saturated heterocycles. The van der Waals surface area contributed by atoms with E-state index >= 15 is 0 Å². The molecule has 1 rings (SSSR count). The molecule has 0 atom stereocenters. The van der Waals surface area contributed by atoms with E-state index < -0.39 is 0 Å². The summed E-state index contributed by atoms with van der Waals surface area (Å²) in [6.45, 7) is 2.13. The maximum Gasteiger partial charge on any atom is 0.106 e.